The first-order chi connectivity index (χ1) is 20.5. The molecule has 4 aromatic carbocycles. The zero-order valence-electron chi connectivity index (χ0n) is 23.5. The Hall–Kier alpha value is -4.27. The maximum absolute atomic E-state index is 13.7. The molecule has 4 N–H and O–H groups in total. The molecular weight excluding hydrogens is 531 g/mol. The Morgan fingerprint density at radius 1 is 0.976 bits per heavy atom. The van der Waals surface area contributed by atoms with Crippen molar-refractivity contribution in [3.63, 3.8) is 0 Å². The van der Waals surface area contributed by atoms with Gasteiger partial charge in [0, 0.05) is 31.6 Å². The van der Waals surface area contributed by atoms with E-state index in [1.807, 2.05) is 59.5 Å². The molecule has 0 unspecified atom stereocenters. The molecule has 2 amide bonds. The van der Waals surface area contributed by atoms with Gasteiger partial charge in [-0.15, -0.1) is 0 Å². The lowest BCUT2D eigenvalue weighted by molar-refractivity contribution is -0.133. The topological polar surface area (TPSA) is 96.7 Å². The third kappa shape index (κ3) is 7.51. The molecule has 218 valence electrons. The molecule has 1 heterocycles. The van der Waals surface area contributed by atoms with Gasteiger partial charge in [-0.2, -0.15) is 0 Å². The monoisotopic (exact) mass is 568 g/mol. The minimum atomic E-state index is -0.535. The molecule has 0 radical (unpaired) electrons. The number of hydrogen-bond acceptors (Lipinski definition) is 5. The van der Waals surface area contributed by atoms with Gasteiger partial charge in [0.25, 0.3) is 0 Å². The number of amides is 2. The highest BCUT2D eigenvalue weighted by molar-refractivity contribution is 5.83. The zero-order chi connectivity index (χ0) is 29.3. The van der Waals surface area contributed by atoms with Crippen molar-refractivity contribution in [2.45, 2.75) is 37.5 Å². The van der Waals surface area contributed by atoms with Gasteiger partial charge in [0.1, 0.15) is 12.4 Å². The fourth-order valence-electron chi connectivity index (χ4n) is 5.55. The number of rotatable bonds is 10. The van der Waals surface area contributed by atoms with Gasteiger partial charge in [-0.05, 0) is 65.0 Å². The Bertz CT molecular complexity index is 1440. The number of ether oxygens (including phenoxy) is 1. The van der Waals surface area contributed by atoms with Gasteiger partial charge in [-0.3, -0.25) is 4.79 Å². The average Bonchev–Trinajstić information content (AvgIpc) is 3.16. The van der Waals surface area contributed by atoms with Crippen molar-refractivity contribution in [2.75, 3.05) is 26.2 Å². The highest BCUT2D eigenvalue weighted by Crippen LogP contribution is 2.27. The third-order valence-corrected chi connectivity index (χ3v) is 7.79. The zero-order valence-corrected chi connectivity index (χ0v) is 23.5. The van der Waals surface area contributed by atoms with Crippen LogP contribution >= 0.6 is 0 Å². The number of fused-ring (bicyclic) bond motifs is 1. The van der Waals surface area contributed by atoms with E-state index in [0.717, 1.165) is 27.5 Å². The Kier molecular flexibility index (Phi) is 9.79. The van der Waals surface area contributed by atoms with Crippen LogP contribution in [0.1, 0.15) is 35.4 Å². The van der Waals surface area contributed by atoms with Gasteiger partial charge < -0.3 is 26.0 Å². The van der Waals surface area contributed by atoms with E-state index in [4.69, 9.17) is 10.5 Å². The first-order valence-electron chi connectivity index (χ1n) is 14.4. The smallest absolute Gasteiger partial charge is 0.407 e. The lowest BCUT2D eigenvalue weighted by Crippen LogP contribution is -2.50. The second-order valence-corrected chi connectivity index (χ2v) is 10.7. The first kappa shape index (κ1) is 29.2. The van der Waals surface area contributed by atoms with Crippen LogP contribution in [0.4, 0.5) is 9.18 Å². The number of carbonyl (C=O) groups is 2. The summed E-state index contributed by atoms with van der Waals surface area (Å²) in [5.41, 5.74) is 9.01. The Labute approximate surface area is 245 Å². The van der Waals surface area contributed by atoms with E-state index in [1.54, 1.807) is 6.07 Å². The summed E-state index contributed by atoms with van der Waals surface area (Å²) in [4.78, 5) is 28.1. The summed E-state index contributed by atoms with van der Waals surface area (Å²) in [5.74, 6) is -0.226. The molecule has 8 heteroatoms. The fourth-order valence-corrected chi connectivity index (χ4v) is 5.55. The standard InChI is InChI=1S/C34H37FN4O3/c35-29-14-13-27-19-24(11-12-28(27)20-29)23-42-34(41)37-21-30-16-18-39(33(40)32(38-30)15-17-36)22-31(25-7-3-1-4-8-25)26-9-5-2-6-10-26/h1-14,19-20,30-32,38H,15-18,21-23,36H2,(H,37,41)/t30-,32-/m0/s1. The third-order valence-electron chi connectivity index (χ3n) is 7.79. The fraction of sp³-hybridized carbons (Fsp3) is 0.294. The largest absolute Gasteiger partial charge is 0.445 e. The van der Waals surface area contributed by atoms with Gasteiger partial charge >= 0.3 is 6.09 Å². The van der Waals surface area contributed by atoms with Crippen LogP contribution in [0.2, 0.25) is 0 Å². The highest BCUT2D eigenvalue weighted by atomic mass is 19.1. The van der Waals surface area contributed by atoms with Crippen molar-refractivity contribution in [1.29, 1.82) is 0 Å². The van der Waals surface area contributed by atoms with Gasteiger partial charge in [-0.1, -0.05) is 78.9 Å². The molecule has 7 nitrogen and oxygen atoms in total. The Morgan fingerprint density at radius 3 is 2.33 bits per heavy atom. The summed E-state index contributed by atoms with van der Waals surface area (Å²) in [7, 11) is 0. The SMILES string of the molecule is NCC[C@@H]1N[C@H](CNC(=O)OCc2ccc3cc(F)ccc3c2)CCN(CC(c2ccccc2)c2ccccc2)C1=O. The molecule has 1 saturated heterocycles. The van der Waals surface area contributed by atoms with Gasteiger partial charge in [0.15, 0.2) is 0 Å². The van der Waals surface area contributed by atoms with Crippen molar-refractivity contribution in [3.8, 4) is 0 Å². The molecule has 42 heavy (non-hydrogen) atoms. The van der Waals surface area contributed by atoms with Gasteiger partial charge in [-0.25, -0.2) is 9.18 Å². The molecule has 0 aliphatic carbocycles. The van der Waals surface area contributed by atoms with Crippen LogP contribution in [0.3, 0.4) is 0 Å². The summed E-state index contributed by atoms with van der Waals surface area (Å²) in [6.45, 7) is 1.90. The molecule has 1 aliphatic heterocycles. The van der Waals surface area contributed by atoms with Crippen LogP contribution in [-0.4, -0.2) is 55.2 Å². The van der Waals surface area contributed by atoms with Crippen LogP contribution in [0.5, 0.6) is 0 Å². The molecule has 5 rings (SSSR count). The van der Waals surface area contributed by atoms with E-state index >= 15 is 0 Å². The number of benzene rings is 4. The van der Waals surface area contributed by atoms with Crippen molar-refractivity contribution in [3.05, 3.63) is 120 Å². The van der Waals surface area contributed by atoms with E-state index in [9.17, 15) is 14.0 Å². The lowest BCUT2D eigenvalue weighted by atomic mass is 9.90. The van der Waals surface area contributed by atoms with Crippen molar-refractivity contribution < 1.29 is 18.7 Å². The molecule has 0 spiro atoms. The Balaban J connectivity index is 1.20. The second kappa shape index (κ2) is 14.1. The van der Waals surface area contributed by atoms with E-state index in [-0.39, 0.29) is 30.3 Å². The number of alkyl carbamates (subject to hydrolysis) is 1. The molecule has 0 bridgehead atoms. The van der Waals surface area contributed by atoms with Gasteiger partial charge in [0.2, 0.25) is 5.91 Å². The van der Waals surface area contributed by atoms with Crippen LogP contribution in [-0.2, 0) is 16.1 Å². The summed E-state index contributed by atoms with van der Waals surface area (Å²) >= 11 is 0. The summed E-state index contributed by atoms with van der Waals surface area (Å²) in [5, 5.41) is 7.94. The first-order valence-corrected chi connectivity index (χ1v) is 14.4. The van der Waals surface area contributed by atoms with Crippen LogP contribution in [0, 0.1) is 5.82 Å². The van der Waals surface area contributed by atoms with Crippen LogP contribution in [0.15, 0.2) is 97.1 Å². The predicted molar refractivity (Wildman–Crippen MR) is 162 cm³/mol. The maximum atomic E-state index is 13.7. The molecule has 0 saturated carbocycles. The van der Waals surface area contributed by atoms with Crippen molar-refractivity contribution in [2.24, 2.45) is 5.73 Å². The number of carbonyl (C=O) groups excluding carboxylic acids is 2. The van der Waals surface area contributed by atoms with Crippen molar-refractivity contribution in [1.82, 2.24) is 15.5 Å². The summed E-state index contributed by atoms with van der Waals surface area (Å²) in [6.07, 6.45) is 0.640. The minimum absolute atomic E-state index is 0.0265. The molecule has 0 aromatic heterocycles. The van der Waals surface area contributed by atoms with E-state index in [0.29, 0.717) is 39.0 Å². The quantitative estimate of drug-likeness (QED) is 0.252. The minimum Gasteiger partial charge on any atom is -0.445 e. The number of hydrogen-bond donors (Lipinski definition) is 3. The maximum Gasteiger partial charge on any atom is 0.407 e. The average molecular weight is 569 g/mol. The predicted octanol–water partition coefficient (Wildman–Crippen LogP) is 4.95. The molecule has 1 fully saturated rings. The lowest BCUT2D eigenvalue weighted by Gasteiger charge is -2.29. The highest BCUT2D eigenvalue weighted by Gasteiger charge is 2.32. The number of nitrogens with one attached hydrogen (secondary N) is 2. The number of halogens is 1. The second-order valence-electron chi connectivity index (χ2n) is 10.7. The van der Waals surface area contributed by atoms with E-state index in [1.165, 1.54) is 12.1 Å². The Morgan fingerprint density at radius 2 is 1.64 bits per heavy atom. The van der Waals surface area contributed by atoms with Gasteiger partial charge in [0.05, 0.1) is 6.04 Å². The number of nitrogens with two attached hydrogens (primary N) is 1. The van der Waals surface area contributed by atoms with Crippen molar-refractivity contribution >= 4 is 22.8 Å². The summed E-state index contributed by atoms with van der Waals surface area (Å²) < 4.78 is 18.9. The normalized spacial score (nSPS) is 17.3. The van der Waals surface area contributed by atoms with E-state index in [2.05, 4.69) is 34.9 Å². The molecular formula is C34H37FN4O3. The van der Waals surface area contributed by atoms with Crippen LogP contribution < -0.4 is 16.4 Å². The molecule has 4 aromatic rings. The molecule has 2 atom stereocenters. The van der Waals surface area contributed by atoms with E-state index < -0.39 is 12.1 Å². The number of nitrogens with zero attached hydrogens (tertiary/aromatic N) is 1. The molecule has 1 aliphatic rings. The summed E-state index contributed by atoms with van der Waals surface area (Å²) in [6, 6.07) is 30.0. The van der Waals surface area contributed by atoms with Crippen LogP contribution in [0.25, 0.3) is 10.8 Å².